The first-order valence-electron chi connectivity index (χ1n) is 4.26. The van der Waals surface area contributed by atoms with Gasteiger partial charge in [0.15, 0.2) is 11.5 Å². The molecule has 0 heterocycles. The summed E-state index contributed by atoms with van der Waals surface area (Å²) in [6, 6.07) is 2.00. The van der Waals surface area contributed by atoms with Crippen molar-refractivity contribution in [1.29, 1.82) is 0 Å². The van der Waals surface area contributed by atoms with E-state index < -0.39 is 35.1 Å². The van der Waals surface area contributed by atoms with Crippen LogP contribution in [0, 0.1) is 11.6 Å². The van der Waals surface area contributed by atoms with E-state index in [1.807, 2.05) is 0 Å². The van der Waals surface area contributed by atoms with Crippen molar-refractivity contribution in [1.82, 2.24) is 0 Å². The molecule has 0 atom stereocenters. The monoisotopic (exact) mass is 230 g/mol. The van der Waals surface area contributed by atoms with E-state index in [1.54, 1.807) is 0 Å². The SMILES string of the molecule is CC(=O)Oc1ccc(OC(C)=O)c(F)c1F. The van der Waals surface area contributed by atoms with E-state index in [0.29, 0.717) is 0 Å². The maximum absolute atomic E-state index is 13.2. The zero-order chi connectivity index (χ0) is 12.3. The summed E-state index contributed by atoms with van der Waals surface area (Å²) in [5, 5.41) is 0. The Bertz CT molecular complexity index is 402. The van der Waals surface area contributed by atoms with E-state index in [9.17, 15) is 18.4 Å². The fraction of sp³-hybridized carbons (Fsp3) is 0.200. The number of halogens is 2. The Morgan fingerprint density at radius 1 is 0.938 bits per heavy atom. The van der Waals surface area contributed by atoms with Crippen molar-refractivity contribution >= 4 is 11.9 Å². The number of rotatable bonds is 2. The molecule has 0 N–H and O–H groups in total. The molecular formula is C10H8F2O4. The molecular weight excluding hydrogens is 222 g/mol. The molecule has 0 aromatic heterocycles. The van der Waals surface area contributed by atoms with Gasteiger partial charge >= 0.3 is 11.9 Å². The Morgan fingerprint density at radius 3 is 1.50 bits per heavy atom. The smallest absolute Gasteiger partial charge is 0.308 e. The topological polar surface area (TPSA) is 52.6 Å². The van der Waals surface area contributed by atoms with Crippen LogP contribution < -0.4 is 9.47 Å². The zero-order valence-electron chi connectivity index (χ0n) is 8.54. The van der Waals surface area contributed by atoms with Crippen LogP contribution in [-0.2, 0) is 9.59 Å². The van der Waals surface area contributed by atoms with Crippen molar-refractivity contribution in [2.75, 3.05) is 0 Å². The van der Waals surface area contributed by atoms with Crippen LogP contribution >= 0.6 is 0 Å². The van der Waals surface area contributed by atoms with E-state index in [1.165, 1.54) is 0 Å². The van der Waals surface area contributed by atoms with Gasteiger partial charge in [0.05, 0.1) is 0 Å². The van der Waals surface area contributed by atoms with Gasteiger partial charge in [0, 0.05) is 13.8 Å². The third-order valence-electron chi connectivity index (χ3n) is 1.52. The number of carbonyl (C=O) groups is 2. The van der Waals surface area contributed by atoms with E-state index >= 15 is 0 Å². The molecule has 0 amide bonds. The van der Waals surface area contributed by atoms with Crippen molar-refractivity contribution < 1.29 is 27.8 Å². The number of benzene rings is 1. The molecule has 0 bridgehead atoms. The lowest BCUT2D eigenvalue weighted by atomic mass is 10.3. The van der Waals surface area contributed by atoms with Gasteiger partial charge in [-0.3, -0.25) is 9.59 Å². The molecule has 1 aromatic carbocycles. The molecule has 4 nitrogen and oxygen atoms in total. The molecule has 0 aliphatic carbocycles. The second kappa shape index (κ2) is 4.69. The van der Waals surface area contributed by atoms with Crippen LogP contribution in [0.1, 0.15) is 13.8 Å². The van der Waals surface area contributed by atoms with E-state index in [0.717, 1.165) is 26.0 Å². The molecule has 0 fully saturated rings. The molecule has 86 valence electrons. The second-order valence-electron chi connectivity index (χ2n) is 2.88. The summed E-state index contributed by atoms with van der Waals surface area (Å²) in [6.07, 6.45) is 0. The van der Waals surface area contributed by atoms with Gasteiger partial charge in [0.25, 0.3) is 0 Å². The number of hydrogen-bond acceptors (Lipinski definition) is 4. The third kappa shape index (κ3) is 2.75. The minimum atomic E-state index is -1.38. The average Bonchev–Trinajstić information content (AvgIpc) is 2.16. The Morgan fingerprint density at radius 2 is 1.25 bits per heavy atom. The summed E-state index contributed by atoms with van der Waals surface area (Å²) in [5.74, 6) is -5.43. The second-order valence-corrected chi connectivity index (χ2v) is 2.88. The molecule has 6 heteroatoms. The quantitative estimate of drug-likeness (QED) is 0.574. The minimum absolute atomic E-state index is 0.555. The van der Waals surface area contributed by atoms with Gasteiger partial charge in [-0.25, -0.2) is 0 Å². The fourth-order valence-corrected chi connectivity index (χ4v) is 0.981. The lowest BCUT2D eigenvalue weighted by Gasteiger charge is -2.07. The summed E-state index contributed by atoms with van der Waals surface area (Å²) in [6.45, 7) is 2.11. The molecule has 16 heavy (non-hydrogen) atoms. The molecule has 0 saturated heterocycles. The average molecular weight is 230 g/mol. The molecule has 0 spiro atoms. The highest BCUT2D eigenvalue weighted by Gasteiger charge is 2.17. The highest BCUT2D eigenvalue weighted by atomic mass is 19.2. The predicted molar refractivity (Wildman–Crippen MR) is 49.0 cm³/mol. The first-order valence-corrected chi connectivity index (χ1v) is 4.26. The number of ether oxygens (including phenoxy) is 2. The first kappa shape index (κ1) is 12.1. The van der Waals surface area contributed by atoms with Gasteiger partial charge in [-0.1, -0.05) is 0 Å². The van der Waals surface area contributed by atoms with Gasteiger partial charge in [-0.2, -0.15) is 8.78 Å². The fourth-order valence-electron chi connectivity index (χ4n) is 0.981. The van der Waals surface area contributed by atoms with Gasteiger partial charge in [-0.15, -0.1) is 0 Å². The Labute approximate surface area is 89.8 Å². The lowest BCUT2D eigenvalue weighted by Crippen LogP contribution is -2.07. The minimum Gasteiger partial charge on any atom is -0.423 e. The summed E-state index contributed by atoms with van der Waals surface area (Å²) >= 11 is 0. The van der Waals surface area contributed by atoms with Crippen molar-refractivity contribution in [2.24, 2.45) is 0 Å². The maximum atomic E-state index is 13.2. The normalized spacial score (nSPS) is 9.75. The van der Waals surface area contributed by atoms with Crippen LogP contribution in [0.3, 0.4) is 0 Å². The van der Waals surface area contributed by atoms with Crippen LogP contribution in [0.2, 0.25) is 0 Å². The van der Waals surface area contributed by atoms with Gasteiger partial charge in [-0.05, 0) is 12.1 Å². The molecule has 0 saturated carbocycles. The van der Waals surface area contributed by atoms with Gasteiger partial charge < -0.3 is 9.47 Å². The lowest BCUT2D eigenvalue weighted by molar-refractivity contribution is -0.133. The summed E-state index contributed by atoms with van der Waals surface area (Å²) in [7, 11) is 0. The van der Waals surface area contributed by atoms with Crippen LogP contribution in [-0.4, -0.2) is 11.9 Å². The van der Waals surface area contributed by atoms with Crippen molar-refractivity contribution in [3.63, 3.8) is 0 Å². The largest absolute Gasteiger partial charge is 0.423 e. The molecule has 1 aromatic rings. The molecule has 1 rings (SSSR count). The van der Waals surface area contributed by atoms with E-state index in [4.69, 9.17) is 0 Å². The summed E-state index contributed by atoms with van der Waals surface area (Å²) in [4.78, 5) is 21.1. The van der Waals surface area contributed by atoms with Crippen LogP contribution in [0.4, 0.5) is 8.78 Å². The Hall–Kier alpha value is -1.98. The molecule has 0 aliphatic rings. The number of hydrogen-bond donors (Lipinski definition) is 0. The standard InChI is InChI=1S/C10H8F2O4/c1-5(13)15-7-3-4-8(16-6(2)14)10(12)9(7)11/h3-4H,1-2H3. The zero-order valence-corrected chi connectivity index (χ0v) is 8.54. The molecule has 0 aliphatic heterocycles. The Balaban J connectivity index is 3.07. The Kier molecular flexibility index (Phi) is 3.55. The summed E-state index contributed by atoms with van der Waals surface area (Å²) in [5.41, 5.74) is 0. The predicted octanol–water partition coefficient (Wildman–Crippen LogP) is 1.82. The molecule has 0 radical (unpaired) electrons. The van der Waals surface area contributed by atoms with Gasteiger partial charge in [0.1, 0.15) is 0 Å². The highest BCUT2D eigenvalue weighted by Crippen LogP contribution is 2.27. The van der Waals surface area contributed by atoms with Crippen LogP contribution in [0.25, 0.3) is 0 Å². The highest BCUT2D eigenvalue weighted by molar-refractivity contribution is 5.70. The number of esters is 2. The molecule has 0 unspecified atom stereocenters. The first-order chi connectivity index (χ1) is 7.41. The van der Waals surface area contributed by atoms with Crippen molar-refractivity contribution in [3.05, 3.63) is 23.8 Å². The maximum Gasteiger partial charge on any atom is 0.308 e. The van der Waals surface area contributed by atoms with Crippen molar-refractivity contribution in [2.45, 2.75) is 13.8 Å². The van der Waals surface area contributed by atoms with Crippen LogP contribution in [0.5, 0.6) is 11.5 Å². The number of carbonyl (C=O) groups excluding carboxylic acids is 2. The van der Waals surface area contributed by atoms with E-state index in [-0.39, 0.29) is 0 Å². The van der Waals surface area contributed by atoms with Crippen LogP contribution in [0.15, 0.2) is 12.1 Å². The van der Waals surface area contributed by atoms with E-state index in [2.05, 4.69) is 9.47 Å². The van der Waals surface area contributed by atoms with Crippen molar-refractivity contribution in [3.8, 4) is 11.5 Å². The third-order valence-corrected chi connectivity index (χ3v) is 1.52. The van der Waals surface area contributed by atoms with Gasteiger partial charge in [0.2, 0.25) is 11.6 Å². The summed E-state index contributed by atoms with van der Waals surface area (Å²) < 4.78 is 35.2.